The summed E-state index contributed by atoms with van der Waals surface area (Å²) in [5.74, 6) is -0.899. The molecule has 0 heterocycles. The molecule has 2 nitrogen and oxygen atoms in total. The van der Waals surface area contributed by atoms with Crippen LogP contribution in [0.25, 0.3) is 0 Å². The molecule has 0 bridgehead atoms. The zero-order valence-corrected chi connectivity index (χ0v) is 9.63. The maximum absolute atomic E-state index is 13.1. The molecule has 1 fully saturated rings. The average molecular weight is 243 g/mol. The topological polar surface area (TPSA) is 26.3 Å². The Morgan fingerprint density at radius 3 is 2.81 bits per heavy atom. The van der Waals surface area contributed by atoms with Gasteiger partial charge in [0.25, 0.3) is 0 Å². The molecular weight excluding hydrogens is 231 g/mol. The molecule has 1 unspecified atom stereocenters. The van der Waals surface area contributed by atoms with Gasteiger partial charge in [-0.3, -0.25) is 4.79 Å². The van der Waals surface area contributed by atoms with E-state index in [0.29, 0.717) is 10.6 Å². The van der Waals surface area contributed by atoms with Crippen LogP contribution in [0.15, 0.2) is 18.2 Å². The van der Waals surface area contributed by atoms with Crippen LogP contribution in [0, 0.1) is 11.7 Å². The highest BCUT2D eigenvalue weighted by atomic mass is 35.5. The summed E-state index contributed by atoms with van der Waals surface area (Å²) in [5, 5.41) is 0.420. The fraction of sp³-hybridized carbons (Fsp3) is 0.417. The van der Waals surface area contributed by atoms with Crippen molar-refractivity contribution < 1.29 is 13.9 Å². The summed E-state index contributed by atoms with van der Waals surface area (Å²) >= 11 is 5.99. The molecule has 0 saturated heterocycles. The molecule has 4 heteroatoms. The van der Waals surface area contributed by atoms with E-state index in [-0.39, 0.29) is 17.7 Å². The van der Waals surface area contributed by atoms with Gasteiger partial charge in [0.15, 0.2) is 0 Å². The van der Waals surface area contributed by atoms with E-state index < -0.39 is 5.92 Å². The maximum Gasteiger partial charge on any atom is 0.313 e. The van der Waals surface area contributed by atoms with E-state index in [0.717, 1.165) is 12.8 Å². The molecule has 1 atom stereocenters. The zero-order chi connectivity index (χ0) is 11.7. The molecule has 0 aliphatic heterocycles. The Balaban J connectivity index is 2.37. The van der Waals surface area contributed by atoms with Crippen LogP contribution in [-0.4, -0.2) is 13.1 Å². The molecule has 1 aliphatic rings. The van der Waals surface area contributed by atoms with Crippen molar-refractivity contribution >= 4 is 17.6 Å². The quantitative estimate of drug-likeness (QED) is 0.761. The van der Waals surface area contributed by atoms with Crippen molar-refractivity contribution in [2.24, 2.45) is 5.92 Å². The summed E-state index contributed by atoms with van der Waals surface area (Å²) in [5.41, 5.74) is 0.538. The number of methoxy groups -OCH3 is 1. The highest BCUT2D eigenvalue weighted by Gasteiger charge is 2.39. The van der Waals surface area contributed by atoms with Crippen molar-refractivity contribution in [2.75, 3.05) is 7.11 Å². The highest BCUT2D eigenvalue weighted by Crippen LogP contribution is 2.45. The Hall–Kier alpha value is -1.09. The molecule has 16 heavy (non-hydrogen) atoms. The van der Waals surface area contributed by atoms with Crippen LogP contribution in [0.1, 0.15) is 24.3 Å². The zero-order valence-electron chi connectivity index (χ0n) is 8.87. The number of carbonyl (C=O) groups excluding carboxylic acids is 1. The van der Waals surface area contributed by atoms with Crippen LogP contribution in [-0.2, 0) is 9.53 Å². The number of rotatable bonds is 3. The first-order chi connectivity index (χ1) is 7.63. The average Bonchev–Trinajstić information content (AvgIpc) is 3.07. The monoisotopic (exact) mass is 242 g/mol. The molecule has 1 saturated carbocycles. The lowest BCUT2D eigenvalue weighted by molar-refractivity contribution is -0.143. The van der Waals surface area contributed by atoms with E-state index in [4.69, 9.17) is 16.3 Å². The summed E-state index contributed by atoms with van der Waals surface area (Å²) in [4.78, 5) is 11.7. The standard InChI is InChI=1S/C12H12ClFO2/c1-16-12(15)11(7-2-3-7)9-6-8(14)4-5-10(9)13/h4-7,11H,2-3H2,1H3. The molecular formula is C12H12ClFO2. The summed E-state index contributed by atoms with van der Waals surface area (Å²) in [7, 11) is 1.34. The molecule has 0 spiro atoms. The van der Waals surface area contributed by atoms with Gasteiger partial charge < -0.3 is 4.74 Å². The summed E-state index contributed by atoms with van der Waals surface area (Å²) in [6, 6.07) is 4.08. The third kappa shape index (κ3) is 2.19. The van der Waals surface area contributed by atoms with Gasteiger partial charge in [-0.05, 0) is 42.5 Å². The van der Waals surface area contributed by atoms with Gasteiger partial charge in [0.1, 0.15) is 5.82 Å². The minimum absolute atomic E-state index is 0.242. The number of carbonyl (C=O) groups is 1. The van der Waals surface area contributed by atoms with Crippen LogP contribution in [0.4, 0.5) is 4.39 Å². The van der Waals surface area contributed by atoms with Crippen molar-refractivity contribution in [1.29, 1.82) is 0 Å². The van der Waals surface area contributed by atoms with Crippen molar-refractivity contribution in [3.63, 3.8) is 0 Å². The molecule has 0 radical (unpaired) electrons. The fourth-order valence-corrected chi connectivity index (χ4v) is 2.12. The number of ether oxygens (including phenoxy) is 1. The van der Waals surface area contributed by atoms with Gasteiger partial charge in [0.2, 0.25) is 0 Å². The summed E-state index contributed by atoms with van der Waals surface area (Å²) in [6.07, 6.45) is 1.93. The predicted molar refractivity (Wildman–Crippen MR) is 58.9 cm³/mol. The summed E-state index contributed by atoms with van der Waals surface area (Å²) < 4.78 is 17.9. The lowest BCUT2D eigenvalue weighted by Crippen LogP contribution is -2.16. The van der Waals surface area contributed by atoms with Crippen LogP contribution < -0.4 is 0 Å². The Labute approximate surface area is 98.4 Å². The van der Waals surface area contributed by atoms with E-state index in [9.17, 15) is 9.18 Å². The molecule has 1 aromatic rings. The van der Waals surface area contributed by atoms with Crippen LogP contribution in [0.3, 0.4) is 0 Å². The normalized spacial score (nSPS) is 16.9. The maximum atomic E-state index is 13.1. The van der Waals surface area contributed by atoms with Crippen molar-refractivity contribution in [1.82, 2.24) is 0 Å². The van der Waals surface area contributed by atoms with Gasteiger partial charge in [0, 0.05) is 5.02 Å². The molecule has 1 aromatic carbocycles. The molecule has 2 rings (SSSR count). The SMILES string of the molecule is COC(=O)C(c1cc(F)ccc1Cl)C1CC1. The number of esters is 1. The first kappa shape index (κ1) is 11.4. The van der Waals surface area contributed by atoms with Gasteiger partial charge in [-0.25, -0.2) is 4.39 Å². The summed E-state index contributed by atoms with van der Waals surface area (Å²) in [6.45, 7) is 0. The third-order valence-electron chi connectivity index (χ3n) is 2.84. The number of hydrogen-bond acceptors (Lipinski definition) is 2. The van der Waals surface area contributed by atoms with E-state index in [1.54, 1.807) is 0 Å². The van der Waals surface area contributed by atoms with E-state index in [2.05, 4.69) is 0 Å². The van der Waals surface area contributed by atoms with Crippen molar-refractivity contribution in [3.05, 3.63) is 34.6 Å². The highest BCUT2D eigenvalue weighted by molar-refractivity contribution is 6.31. The molecule has 0 N–H and O–H groups in total. The Kier molecular flexibility index (Phi) is 3.15. The Bertz CT molecular complexity index is 415. The van der Waals surface area contributed by atoms with Gasteiger partial charge in [-0.15, -0.1) is 0 Å². The number of benzene rings is 1. The van der Waals surface area contributed by atoms with E-state index in [1.165, 1.54) is 25.3 Å². The van der Waals surface area contributed by atoms with E-state index in [1.807, 2.05) is 0 Å². The second kappa shape index (κ2) is 4.42. The Morgan fingerprint density at radius 1 is 1.56 bits per heavy atom. The van der Waals surface area contributed by atoms with Gasteiger partial charge in [0.05, 0.1) is 13.0 Å². The van der Waals surface area contributed by atoms with Crippen LogP contribution in [0.2, 0.25) is 5.02 Å². The Morgan fingerprint density at radius 2 is 2.25 bits per heavy atom. The minimum atomic E-state index is -0.423. The minimum Gasteiger partial charge on any atom is -0.469 e. The predicted octanol–water partition coefficient (Wildman–Crippen LogP) is 3.15. The molecule has 86 valence electrons. The largest absolute Gasteiger partial charge is 0.469 e. The first-order valence-electron chi connectivity index (χ1n) is 5.16. The smallest absolute Gasteiger partial charge is 0.313 e. The van der Waals surface area contributed by atoms with E-state index >= 15 is 0 Å². The fourth-order valence-electron chi connectivity index (χ4n) is 1.88. The van der Waals surface area contributed by atoms with Crippen LogP contribution in [0.5, 0.6) is 0 Å². The van der Waals surface area contributed by atoms with Gasteiger partial charge in [-0.1, -0.05) is 11.6 Å². The lowest BCUT2D eigenvalue weighted by atomic mass is 9.94. The molecule has 0 amide bonds. The number of halogens is 2. The lowest BCUT2D eigenvalue weighted by Gasteiger charge is -2.15. The van der Waals surface area contributed by atoms with Crippen LogP contribution >= 0.6 is 11.6 Å². The van der Waals surface area contributed by atoms with Crippen molar-refractivity contribution in [3.8, 4) is 0 Å². The number of hydrogen-bond donors (Lipinski definition) is 0. The first-order valence-corrected chi connectivity index (χ1v) is 5.54. The van der Waals surface area contributed by atoms with Crippen molar-refractivity contribution in [2.45, 2.75) is 18.8 Å². The van der Waals surface area contributed by atoms with Gasteiger partial charge in [-0.2, -0.15) is 0 Å². The second-order valence-corrected chi connectivity index (χ2v) is 4.41. The molecule has 0 aromatic heterocycles. The molecule has 1 aliphatic carbocycles. The second-order valence-electron chi connectivity index (χ2n) is 4.00. The van der Waals surface area contributed by atoms with Gasteiger partial charge >= 0.3 is 5.97 Å². The third-order valence-corrected chi connectivity index (χ3v) is 3.19.